The third-order valence-corrected chi connectivity index (χ3v) is 7.55. The van der Waals surface area contributed by atoms with Gasteiger partial charge in [0.2, 0.25) is 5.88 Å². The van der Waals surface area contributed by atoms with Gasteiger partial charge in [-0.2, -0.15) is 0 Å². The molecule has 210 valence electrons. The van der Waals surface area contributed by atoms with Gasteiger partial charge in [-0.05, 0) is 85.4 Å². The van der Waals surface area contributed by atoms with Gasteiger partial charge in [0.25, 0.3) is 0 Å². The number of ether oxygens (including phenoxy) is 2. The van der Waals surface area contributed by atoms with E-state index in [1.807, 2.05) is 42.5 Å². The molecule has 0 spiro atoms. The van der Waals surface area contributed by atoms with Crippen molar-refractivity contribution >= 4 is 28.4 Å². The Morgan fingerprint density at radius 1 is 1.10 bits per heavy atom. The van der Waals surface area contributed by atoms with E-state index in [1.165, 1.54) is 6.33 Å². The fourth-order valence-electron chi connectivity index (χ4n) is 4.68. The summed E-state index contributed by atoms with van der Waals surface area (Å²) in [7, 11) is 0. The van der Waals surface area contributed by atoms with Crippen LogP contribution in [0.25, 0.3) is 22.3 Å². The van der Waals surface area contributed by atoms with E-state index in [1.54, 1.807) is 6.07 Å². The molecule has 0 unspecified atom stereocenters. The quantitative estimate of drug-likeness (QED) is 0.192. The molecule has 2 N–H and O–H groups in total. The van der Waals surface area contributed by atoms with Crippen LogP contribution < -0.4 is 9.47 Å². The first-order valence-electron chi connectivity index (χ1n) is 13.9. The van der Waals surface area contributed by atoms with Crippen molar-refractivity contribution in [1.82, 2.24) is 19.9 Å². The van der Waals surface area contributed by atoms with Crippen molar-refractivity contribution in [2.45, 2.75) is 45.6 Å². The number of nitrogens with one attached hydrogen (secondary N) is 1. The molecule has 1 aliphatic rings. The normalized spacial score (nSPS) is 14.0. The molecule has 0 amide bonds. The summed E-state index contributed by atoms with van der Waals surface area (Å²) < 4.78 is 11.9. The van der Waals surface area contributed by atoms with E-state index in [9.17, 15) is 9.90 Å². The van der Waals surface area contributed by atoms with E-state index in [2.05, 4.69) is 33.7 Å². The predicted octanol–water partition coefficient (Wildman–Crippen LogP) is 6.06. The number of aliphatic hydroxyl groups is 1. The second kappa shape index (κ2) is 12.8. The first-order chi connectivity index (χ1) is 19.4. The Balaban J connectivity index is 1.24. The minimum absolute atomic E-state index is 0.225. The number of carbonyl (C=O) groups is 1. The van der Waals surface area contributed by atoms with Crippen LogP contribution in [0.5, 0.6) is 17.4 Å². The largest absolute Gasteiger partial charge is 0.491 e. The topological polar surface area (TPSA) is 101 Å². The lowest BCUT2D eigenvalue weighted by atomic mass is 10.0. The molecule has 1 saturated carbocycles. The number of halogens is 1. The van der Waals surface area contributed by atoms with Gasteiger partial charge in [-0.1, -0.05) is 31.5 Å². The number of aromatic nitrogens is 3. The maximum absolute atomic E-state index is 12.3. The summed E-state index contributed by atoms with van der Waals surface area (Å²) in [5.41, 5.74) is 3.26. The highest BCUT2D eigenvalue weighted by atomic mass is 35.5. The monoisotopic (exact) mass is 562 g/mol. The molecule has 2 heterocycles. The highest BCUT2D eigenvalue weighted by molar-refractivity contribution is 6.31. The van der Waals surface area contributed by atoms with Crippen molar-refractivity contribution in [3.8, 4) is 28.6 Å². The van der Waals surface area contributed by atoms with Crippen molar-refractivity contribution in [3.05, 3.63) is 65.4 Å². The molecule has 0 radical (unpaired) electrons. The number of fused-ring (bicyclic) bond motifs is 1. The fraction of sp³-hybridized carbons (Fsp3) is 0.387. The lowest BCUT2D eigenvalue weighted by Crippen LogP contribution is -2.35. The molecule has 2 aromatic carbocycles. The van der Waals surface area contributed by atoms with Crippen molar-refractivity contribution in [1.29, 1.82) is 0 Å². The molecular weight excluding hydrogens is 528 g/mol. The summed E-state index contributed by atoms with van der Waals surface area (Å²) in [6, 6.07) is 15.0. The van der Waals surface area contributed by atoms with Crippen LogP contribution in [0.1, 0.15) is 38.7 Å². The van der Waals surface area contributed by atoms with Gasteiger partial charge in [0.15, 0.2) is 0 Å². The molecule has 5 rings (SSSR count). The second-order valence-electron chi connectivity index (χ2n) is 10.3. The molecule has 9 heteroatoms. The number of likely N-dealkylation sites (N-methyl/N-ethyl adjacent to an activating group) is 1. The van der Waals surface area contributed by atoms with Gasteiger partial charge in [0.05, 0.1) is 5.39 Å². The summed E-state index contributed by atoms with van der Waals surface area (Å²) in [4.78, 5) is 26.4. The number of nitrogens with zero attached hydrogens (tertiary/aromatic N) is 3. The van der Waals surface area contributed by atoms with Crippen LogP contribution in [0.4, 0.5) is 0 Å². The molecule has 0 aliphatic heterocycles. The number of aromatic amines is 1. The smallest absolute Gasteiger partial charge is 0.231 e. The number of carbonyl (C=O) groups excluding carboxylic acids is 1. The number of ketones is 1. The van der Waals surface area contributed by atoms with Crippen molar-refractivity contribution in [2.24, 2.45) is 5.92 Å². The van der Waals surface area contributed by atoms with Crippen LogP contribution in [0.15, 0.2) is 54.9 Å². The Kier molecular flexibility index (Phi) is 8.99. The number of hydrogen-bond donors (Lipinski definition) is 2. The molecule has 1 atom stereocenters. The fourth-order valence-corrected chi connectivity index (χ4v) is 4.92. The molecule has 1 fully saturated rings. The minimum atomic E-state index is -0.550. The Hall–Kier alpha value is -3.46. The van der Waals surface area contributed by atoms with Gasteiger partial charge in [-0.15, -0.1) is 0 Å². The van der Waals surface area contributed by atoms with Crippen molar-refractivity contribution in [3.63, 3.8) is 0 Å². The van der Waals surface area contributed by atoms with Gasteiger partial charge in [0, 0.05) is 30.1 Å². The summed E-state index contributed by atoms with van der Waals surface area (Å²) in [5, 5.41) is 11.5. The Bertz CT molecular complexity index is 1450. The van der Waals surface area contributed by atoms with E-state index < -0.39 is 6.10 Å². The lowest BCUT2D eigenvalue weighted by Gasteiger charge is -2.21. The molecule has 2 aromatic heterocycles. The first kappa shape index (κ1) is 28.1. The van der Waals surface area contributed by atoms with E-state index in [0.29, 0.717) is 53.4 Å². The molecule has 0 bridgehead atoms. The second-order valence-corrected chi connectivity index (χ2v) is 10.7. The number of Topliss-reactive ketones (excluding diaryl/α,β-unsaturated/α-hetero) is 1. The van der Waals surface area contributed by atoms with Crippen LogP contribution in [0.2, 0.25) is 5.02 Å². The van der Waals surface area contributed by atoms with Crippen LogP contribution in [-0.2, 0) is 11.2 Å². The average Bonchev–Trinajstić information content (AvgIpc) is 3.66. The predicted molar refractivity (Wildman–Crippen MR) is 156 cm³/mol. The molecule has 4 aromatic rings. The summed E-state index contributed by atoms with van der Waals surface area (Å²) in [5.74, 6) is 2.42. The Labute approximate surface area is 239 Å². The van der Waals surface area contributed by atoms with Crippen LogP contribution >= 0.6 is 11.6 Å². The standard InChI is InChI=1S/C31H35ClN4O4/c1-3-36(4-2)17-24(38)18-39-25-10-7-21(8-11-25)29-16-27-30(35-29)33-19-34-31(27)40-26-12-9-22(28(32)15-26)14-23(37)13-20-5-6-20/h7-12,15-16,19-20,24,38H,3-6,13-14,17-18H2,1-2H3,(H,33,34,35)/t24-/m1/s1. The number of rotatable bonds is 14. The summed E-state index contributed by atoms with van der Waals surface area (Å²) in [6.07, 6.45) is 4.19. The third kappa shape index (κ3) is 7.18. The van der Waals surface area contributed by atoms with E-state index >= 15 is 0 Å². The van der Waals surface area contributed by atoms with E-state index in [0.717, 1.165) is 48.1 Å². The number of benzene rings is 2. The van der Waals surface area contributed by atoms with Gasteiger partial charge < -0.3 is 24.5 Å². The van der Waals surface area contributed by atoms with Crippen LogP contribution in [0, 0.1) is 5.92 Å². The Morgan fingerprint density at radius 2 is 1.85 bits per heavy atom. The maximum Gasteiger partial charge on any atom is 0.231 e. The SMILES string of the molecule is CCN(CC)C[C@@H](O)COc1ccc(-c2cc3c(Oc4ccc(CC(=O)CC5CC5)c(Cl)c4)ncnc3[nH]2)cc1. The van der Waals surface area contributed by atoms with Crippen molar-refractivity contribution < 1.29 is 19.4 Å². The first-order valence-corrected chi connectivity index (χ1v) is 14.2. The lowest BCUT2D eigenvalue weighted by molar-refractivity contribution is -0.118. The summed E-state index contributed by atoms with van der Waals surface area (Å²) >= 11 is 6.48. The van der Waals surface area contributed by atoms with Crippen LogP contribution in [0.3, 0.4) is 0 Å². The minimum Gasteiger partial charge on any atom is -0.491 e. The maximum atomic E-state index is 12.3. The molecule has 8 nitrogen and oxygen atoms in total. The van der Waals surface area contributed by atoms with Gasteiger partial charge in [-0.25, -0.2) is 9.97 Å². The molecule has 0 saturated heterocycles. The zero-order valence-electron chi connectivity index (χ0n) is 22.9. The molecule has 1 aliphatic carbocycles. The van der Waals surface area contributed by atoms with Crippen LogP contribution in [-0.4, -0.2) is 63.1 Å². The van der Waals surface area contributed by atoms with Gasteiger partial charge in [-0.3, -0.25) is 4.79 Å². The van der Waals surface area contributed by atoms with Gasteiger partial charge in [0.1, 0.15) is 42.0 Å². The molecule has 40 heavy (non-hydrogen) atoms. The van der Waals surface area contributed by atoms with Crippen molar-refractivity contribution in [2.75, 3.05) is 26.2 Å². The summed E-state index contributed by atoms with van der Waals surface area (Å²) in [6.45, 7) is 6.77. The highest BCUT2D eigenvalue weighted by Gasteiger charge is 2.24. The Morgan fingerprint density at radius 3 is 2.55 bits per heavy atom. The average molecular weight is 563 g/mol. The highest BCUT2D eigenvalue weighted by Crippen LogP contribution is 2.35. The molecular formula is C31H35ClN4O4. The zero-order valence-corrected chi connectivity index (χ0v) is 23.7. The van der Waals surface area contributed by atoms with E-state index in [-0.39, 0.29) is 12.4 Å². The van der Waals surface area contributed by atoms with E-state index in [4.69, 9.17) is 21.1 Å². The number of H-pyrrole nitrogens is 1. The number of hydrogen-bond acceptors (Lipinski definition) is 7. The number of aliphatic hydroxyl groups excluding tert-OH is 1. The third-order valence-electron chi connectivity index (χ3n) is 7.20. The van der Waals surface area contributed by atoms with Gasteiger partial charge >= 0.3 is 0 Å². The zero-order chi connectivity index (χ0) is 28.1.